The summed E-state index contributed by atoms with van der Waals surface area (Å²) in [6, 6.07) is 7.81. The van der Waals surface area contributed by atoms with Gasteiger partial charge in [0.25, 0.3) is 0 Å². The van der Waals surface area contributed by atoms with Crippen molar-refractivity contribution < 1.29 is 9.15 Å². The molecule has 0 amide bonds. The lowest BCUT2D eigenvalue weighted by Crippen LogP contribution is -2.42. The Bertz CT molecular complexity index is 598. The monoisotopic (exact) mass is 331 g/mol. The number of aromatic nitrogens is 1. The summed E-state index contributed by atoms with van der Waals surface area (Å²) in [6.45, 7) is 2.94. The molecule has 0 radical (unpaired) electrons. The average molecular weight is 331 g/mol. The zero-order valence-corrected chi connectivity index (χ0v) is 13.8. The third kappa shape index (κ3) is 4.77. The summed E-state index contributed by atoms with van der Waals surface area (Å²) in [6.07, 6.45) is 7.77. The van der Waals surface area contributed by atoms with Crippen LogP contribution in [0.1, 0.15) is 24.2 Å². The van der Waals surface area contributed by atoms with E-state index >= 15 is 0 Å². The first-order valence-corrected chi connectivity index (χ1v) is 8.28. The molecule has 0 saturated carbocycles. The van der Waals surface area contributed by atoms with Crippen molar-refractivity contribution in [1.82, 2.24) is 15.2 Å². The summed E-state index contributed by atoms with van der Waals surface area (Å²) in [5, 5.41) is 3.98. The normalized spacial score (nSPS) is 17.1. The Kier molecular flexibility index (Phi) is 5.60. The van der Waals surface area contributed by atoms with Crippen LogP contribution in [0.15, 0.2) is 47.3 Å². The van der Waals surface area contributed by atoms with Gasteiger partial charge in [0.15, 0.2) is 5.11 Å². The summed E-state index contributed by atoms with van der Waals surface area (Å²) >= 11 is 5.58. The largest absolute Gasteiger partial charge is 0.467 e. The number of thiocarbonyl (C=S) groups is 1. The molecule has 2 aromatic heterocycles. The Morgan fingerprint density at radius 1 is 1.39 bits per heavy atom. The Morgan fingerprint density at radius 3 is 3.04 bits per heavy atom. The first-order chi connectivity index (χ1) is 11.3. The van der Waals surface area contributed by atoms with Crippen LogP contribution in [-0.2, 0) is 17.8 Å². The van der Waals surface area contributed by atoms with Crippen molar-refractivity contribution in [3.8, 4) is 0 Å². The highest BCUT2D eigenvalue weighted by molar-refractivity contribution is 7.80. The molecule has 3 heterocycles. The SMILES string of the molecule is S=C(NCc1ccco1)N(Cc1cccnc1)C[C@H]1CCCO1. The highest BCUT2D eigenvalue weighted by Crippen LogP contribution is 2.15. The average Bonchev–Trinajstić information content (AvgIpc) is 3.26. The van der Waals surface area contributed by atoms with Gasteiger partial charge in [0.05, 0.1) is 18.9 Å². The number of hydrogen-bond acceptors (Lipinski definition) is 4. The Morgan fingerprint density at radius 2 is 2.35 bits per heavy atom. The van der Waals surface area contributed by atoms with Crippen LogP contribution >= 0.6 is 12.2 Å². The molecule has 1 N–H and O–H groups in total. The molecule has 23 heavy (non-hydrogen) atoms. The maximum absolute atomic E-state index is 5.76. The maximum atomic E-state index is 5.76. The van der Waals surface area contributed by atoms with Crippen LogP contribution in [0.4, 0.5) is 0 Å². The van der Waals surface area contributed by atoms with E-state index < -0.39 is 0 Å². The van der Waals surface area contributed by atoms with Crippen LogP contribution in [0.5, 0.6) is 0 Å². The Labute approximate surface area is 141 Å². The molecule has 0 aromatic carbocycles. The van der Waals surface area contributed by atoms with E-state index in [0.29, 0.717) is 11.7 Å². The number of pyridine rings is 1. The fourth-order valence-corrected chi connectivity index (χ4v) is 2.86. The third-order valence-corrected chi connectivity index (χ3v) is 4.23. The second-order valence-electron chi connectivity index (χ2n) is 5.61. The summed E-state index contributed by atoms with van der Waals surface area (Å²) < 4.78 is 11.1. The summed E-state index contributed by atoms with van der Waals surface area (Å²) in [5.41, 5.74) is 1.13. The first kappa shape index (κ1) is 16.0. The zero-order chi connectivity index (χ0) is 15.9. The minimum absolute atomic E-state index is 0.245. The molecule has 1 aliphatic heterocycles. The summed E-state index contributed by atoms with van der Waals surface area (Å²) in [4.78, 5) is 6.32. The molecule has 2 aromatic rings. The lowest BCUT2D eigenvalue weighted by Gasteiger charge is -2.28. The Hall–Kier alpha value is -1.92. The highest BCUT2D eigenvalue weighted by Gasteiger charge is 2.21. The molecule has 0 unspecified atom stereocenters. The van der Waals surface area contributed by atoms with E-state index in [0.717, 1.165) is 43.9 Å². The lowest BCUT2D eigenvalue weighted by molar-refractivity contribution is 0.0897. The van der Waals surface area contributed by atoms with Crippen molar-refractivity contribution in [2.45, 2.75) is 32.0 Å². The highest BCUT2D eigenvalue weighted by atomic mass is 32.1. The number of furan rings is 1. The first-order valence-electron chi connectivity index (χ1n) is 7.87. The number of rotatable bonds is 6. The zero-order valence-electron chi connectivity index (χ0n) is 13.0. The molecular weight excluding hydrogens is 310 g/mol. The van der Waals surface area contributed by atoms with Crippen molar-refractivity contribution in [2.75, 3.05) is 13.2 Å². The van der Waals surface area contributed by atoms with Crippen LogP contribution in [0, 0.1) is 0 Å². The predicted molar refractivity (Wildman–Crippen MR) is 91.8 cm³/mol. The molecule has 0 spiro atoms. The van der Waals surface area contributed by atoms with E-state index in [1.54, 1.807) is 12.5 Å². The van der Waals surface area contributed by atoms with E-state index in [-0.39, 0.29) is 6.10 Å². The summed E-state index contributed by atoms with van der Waals surface area (Å²) in [7, 11) is 0. The van der Waals surface area contributed by atoms with Crippen molar-refractivity contribution in [3.05, 3.63) is 54.2 Å². The molecule has 5 nitrogen and oxygen atoms in total. The van der Waals surface area contributed by atoms with Crippen molar-refractivity contribution in [3.63, 3.8) is 0 Å². The molecule has 0 bridgehead atoms. The van der Waals surface area contributed by atoms with Gasteiger partial charge in [-0.1, -0.05) is 6.07 Å². The van der Waals surface area contributed by atoms with Crippen LogP contribution < -0.4 is 5.32 Å². The van der Waals surface area contributed by atoms with Gasteiger partial charge in [-0.15, -0.1) is 0 Å². The van der Waals surface area contributed by atoms with Gasteiger partial charge in [0.1, 0.15) is 5.76 Å². The molecule has 1 aliphatic rings. The molecular formula is C17H21N3O2S. The smallest absolute Gasteiger partial charge is 0.169 e. The van der Waals surface area contributed by atoms with Crippen LogP contribution in [0.25, 0.3) is 0 Å². The fraction of sp³-hybridized carbons (Fsp3) is 0.412. The van der Waals surface area contributed by atoms with E-state index in [1.807, 2.05) is 24.4 Å². The molecule has 6 heteroatoms. The van der Waals surface area contributed by atoms with Crippen LogP contribution in [0.2, 0.25) is 0 Å². The number of hydrogen-bond donors (Lipinski definition) is 1. The second-order valence-corrected chi connectivity index (χ2v) is 6.00. The summed E-state index contributed by atoms with van der Waals surface area (Å²) in [5.74, 6) is 0.866. The minimum atomic E-state index is 0.245. The quantitative estimate of drug-likeness (QED) is 0.822. The molecule has 1 atom stereocenters. The van der Waals surface area contributed by atoms with E-state index in [1.165, 1.54) is 0 Å². The standard InChI is InChI=1S/C17H21N3O2S/c23-17(19-11-15-5-2-8-21-15)20(13-16-6-3-9-22-16)12-14-4-1-7-18-10-14/h1-2,4-5,7-8,10,16H,3,6,9,11-13H2,(H,19,23)/t16-/m1/s1. The van der Waals surface area contributed by atoms with Crippen molar-refractivity contribution in [1.29, 1.82) is 0 Å². The van der Waals surface area contributed by atoms with E-state index in [4.69, 9.17) is 21.4 Å². The third-order valence-electron chi connectivity index (χ3n) is 3.83. The topological polar surface area (TPSA) is 50.5 Å². The van der Waals surface area contributed by atoms with Gasteiger partial charge in [-0.05, 0) is 48.8 Å². The van der Waals surface area contributed by atoms with Gasteiger partial charge in [0, 0.05) is 32.1 Å². The lowest BCUT2D eigenvalue weighted by atomic mass is 10.2. The van der Waals surface area contributed by atoms with Crippen LogP contribution in [0.3, 0.4) is 0 Å². The number of ether oxygens (including phenoxy) is 1. The molecule has 1 fully saturated rings. The second kappa shape index (κ2) is 8.08. The Balaban J connectivity index is 1.61. The molecule has 1 saturated heterocycles. The van der Waals surface area contributed by atoms with E-state index in [2.05, 4.69) is 21.3 Å². The maximum Gasteiger partial charge on any atom is 0.169 e. The van der Waals surface area contributed by atoms with Gasteiger partial charge in [0.2, 0.25) is 0 Å². The number of nitrogens with zero attached hydrogens (tertiary/aromatic N) is 2. The van der Waals surface area contributed by atoms with Crippen LogP contribution in [-0.4, -0.2) is 34.3 Å². The van der Waals surface area contributed by atoms with Gasteiger partial charge in [-0.2, -0.15) is 0 Å². The van der Waals surface area contributed by atoms with Gasteiger partial charge in [-0.25, -0.2) is 0 Å². The minimum Gasteiger partial charge on any atom is -0.467 e. The number of nitrogens with one attached hydrogen (secondary N) is 1. The molecule has 122 valence electrons. The van der Waals surface area contributed by atoms with E-state index in [9.17, 15) is 0 Å². The van der Waals surface area contributed by atoms with Gasteiger partial charge < -0.3 is 19.4 Å². The van der Waals surface area contributed by atoms with Crippen molar-refractivity contribution >= 4 is 17.3 Å². The van der Waals surface area contributed by atoms with Gasteiger partial charge in [-0.3, -0.25) is 4.98 Å². The fourth-order valence-electron chi connectivity index (χ4n) is 2.65. The van der Waals surface area contributed by atoms with Gasteiger partial charge >= 0.3 is 0 Å². The molecule has 3 rings (SSSR count). The molecule has 0 aliphatic carbocycles. The predicted octanol–water partition coefficient (Wildman–Crippen LogP) is 2.73. The van der Waals surface area contributed by atoms with Crippen molar-refractivity contribution in [2.24, 2.45) is 0 Å².